The van der Waals surface area contributed by atoms with E-state index in [-0.39, 0.29) is 4.90 Å². The summed E-state index contributed by atoms with van der Waals surface area (Å²) in [4.78, 5) is -0.178. The minimum absolute atomic E-state index is 0.178. The van der Waals surface area contributed by atoms with Crippen LogP contribution in [-0.4, -0.2) is 50.0 Å². The molecular formula is C23H42ClNO3S. The summed E-state index contributed by atoms with van der Waals surface area (Å²) in [5.41, 5.74) is 0.928. The highest BCUT2D eigenvalue weighted by Gasteiger charge is 2.19. The van der Waals surface area contributed by atoms with Crippen molar-refractivity contribution in [2.75, 3.05) is 32.6 Å². The number of alkyl halides is 1. The molecule has 1 unspecified atom stereocenters. The first-order valence-corrected chi connectivity index (χ1v) is 13.0. The minimum Gasteiger partial charge on any atom is -0.744 e. The summed E-state index contributed by atoms with van der Waals surface area (Å²) in [6.45, 7) is 10.4. The lowest BCUT2D eigenvalue weighted by molar-refractivity contribution is -0.910. The van der Waals surface area contributed by atoms with Gasteiger partial charge < -0.3 is 9.04 Å². The summed E-state index contributed by atoms with van der Waals surface area (Å²) < 4.78 is 32.4. The number of halogens is 1. The molecule has 0 spiro atoms. The standard InChI is InChI=1S/C16H35ClN.C7H8O3S/c1-4-6-8-9-11-15-18(3,16-12-13-17)14-10-7-5-2;1-6-2-4-7(5-3-6)11(8,9)10/h4-16H2,1-3H3;2-5H,1H3,(H,8,9,10)/q+1;/p-1. The van der Waals surface area contributed by atoms with Crippen LogP contribution in [0.15, 0.2) is 29.2 Å². The van der Waals surface area contributed by atoms with E-state index in [9.17, 15) is 13.0 Å². The molecule has 0 amide bonds. The number of nitrogens with zero attached hydrogens (tertiary/aromatic N) is 1. The molecule has 1 aromatic carbocycles. The Labute approximate surface area is 185 Å². The molecule has 1 rings (SSSR count). The van der Waals surface area contributed by atoms with Crippen LogP contribution in [0.5, 0.6) is 0 Å². The predicted molar refractivity (Wildman–Crippen MR) is 124 cm³/mol. The molecule has 0 aliphatic carbocycles. The fourth-order valence-electron chi connectivity index (χ4n) is 3.32. The third-order valence-electron chi connectivity index (χ3n) is 5.24. The molecule has 4 nitrogen and oxygen atoms in total. The number of hydrogen-bond acceptors (Lipinski definition) is 3. The van der Waals surface area contributed by atoms with Crippen LogP contribution in [0.25, 0.3) is 0 Å². The van der Waals surface area contributed by atoms with Gasteiger partial charge in [0, 0.05) is 12.3 Å². The van der Waals surface area contributed by atoms with Gasteiger partial charge in [0.05, 0.1) is 31.6 Å². The zero-order chi connectivity index (χ0) is 22.2. The van der Waals surface area contributed by atoms with E-state index in [1.165, 1.54) is 94.0 Å². The zero-order valence-corrected chi connectivity index (χ0v) is 20.5. The highest BCUT2D eigenvalue weighted by atomic mass is 35.5. The molecule has 170 valence electrons. The molecule has 0 aliphatic heterocycles. The van der Waals surface area contributed by atoms with Crippen molar-refractivity contribution in [2.45, 2.75) is 83.5 Å². The van der Waals surface area contributed by atoms with E-state index < -0.39 is 10.1 Å². The topological polar surface area (TPSA) is 57.2 Å². The summed E-state index contributed by atoms with van der Waals surface area (Å²) in [7, 11) is -1.84. The van der Waals surface area contributed by atoms with Gasteiger partial charge in [-0.3, -0.25) is 0 Å². The van der Waals surface area contributed by atoms with Gasteiger partial charge in [0.1, 0.15) is 10.1 Å². The molecule has 1 aromatic rings. The highest BCUT2D eigenvalue weighted by molar-refractivity contribution is 7.85. The Balaban J connectivity index is 0.000000604. The number of benzene rings is 1. The molecule has 0 aliphatic rings. The number of quaternary nitrogens is 1. The van der Waals surface area contributed by atoms with Crippen molar-refractivity contribution in [3.05, 3.63) is 29.8 Å². The van der Waals surface area contributed by atoms with Crippen LogP contribution in [0, 0.1) is 6.92 Å². The Morgan fingerprint density at radius 1 is 0.828 bits per heavy atom. The van der Waals surface area contributed by atoms with E-state index in [4.69, 9.17) is 11.6 Å². The molecule has 0 fully saturated rings. The molecule has 0 N–H and O–H groups in total. The van der Waals surface area contributed by atoms with Crippen molar-refractivity contribution in [1.29, 1.82) is 0 Å². The molecular weight excluding hydrogens is 406 g/mol. The Hall–Kier alpha value is -0.620. The highest BCUT2D eigenvalue weighted by Crippen LogP contribution is 2.13. The van der Waals surface area contributed by atoms with E-state index in [1.807, 2.05) is 6.92 Å². The largest absolute Gasteiger partial charge is 0.744 e. The molecule has 0 aromatic heterocycles. The van der Waals surface area contributed by atoms with Crippen LogP contribution in [-0.2, 0) is 10.1 Å². The normalized spacial score (nSPS) is 13.4. The van der Waals surface area contributed by atoms with Crippen molar-refractivity contribution >= 4 is 21.7 Å². The van der Waals surface area contributed by atoms with Crippen molar-refractivity contribution in [3.63, 3.8) is 0 Å². The summed E-state index contributed by atoms with van der Waals surface area (Å²) in [6.07, 6.45) is 12.2. The molecule has 1 atom stereocenters. The number of aryl methyl sites for hydroxylation is 1. The lowest BCUT2D eigenvalue weighted by atomic mass is 10.1. The molecule has 0 heterocycles. The van der Waals surface area contributed by atoms with Gasteiger partial charge in [-0.25, -0.2) is 8.42 Å². The van der Waals surface area contributed by atoms with Crippen molar-refractivity contribution in [2.24, 2.45) is 0 Å². The fraction of sp³-hybridized carbons (Fsp3) is 0.739. The van der Waals surface area contributed by atoms with Crippen LogP contribution in [0.1, 0.15) is 77.2 Å². The smallest absolute Gasteiger partial charge is 0.124 e. The second-order valence-corrected chi connectivity index (χ2v) is 9.98. The van der Waals surface area contributed by atoms with Gasteiger partial charge in [0.25, 0.3) is 0 Å². The maximum atomic E-state index is 10.4. The van der Waals surface area contributed by atoms with Crippen molar-refractivity contribution in [3.8, 4) is 0 Å². The second-order valence-electron chi connectivity index (χ2n) is 8.22. The van der Waals surface area contributed by atoms with E-state index >= 15 is 0 Å². The van der Waals surface area contributed by atoms with Gasteiger partial charge >= 0.3 is 0 Å². The second kappa shape index (κ2) is 16.1. The van der Waals surface area contributed by atoms with Crippen LogP contribution in [0.3, 0.4) is 0 Å². The van der Waals surface area contributed by atoms with Crippen LogP contribution in [0.4, 0.5) is 0 Å². The summed E-state index contributed by atoms with van der Waals surface area (Å²) in [5.74, 6) is 0.817. The third-order valence-corrected chi connectivity index (χ3v) is 6.36. The molecule has 0 saturated heterocycles. The number of hydrogen-bond donors (Lipinski definition) is 0. The van der Waals surface area contributed by atoms with Gasteiger partial charge in [-0.15, -0.1) is 11.6 Å². The van der Waals surface area contributed by atoms with Crippen LogP contribution >= 0.6 is 11.6 Å². The average Bonchev–Trinajstić information content (AvgIpc) is 2.67. The van der Waals surface area contributed by atoms with E-state index in [1.54, 1.807) is 12.1 Å². The Morgan fingerprint density at radius 2 is 1.28 bits per heavy atom. The van der Waals surface area contributed by atoms with Crippen LogP contribution < -0.4 is 0 Å². The molecule has 29 heavy (non-hydrogen) atoms. The maximum Gasteiger partial charge on any atom is 0.124 e. The van der Waals surface area contributed by atoms with E-state index in [0.29, 0.717) is 0 Å². The molecule has 0 bridgehead atoms. The third kappa shape index (κ3) is 14.9. The summed E-state index contributed by atoms with van der Waals surface area (Å²) in [6, 6.07) is 5.78. The van der Waals surface area contributed by atoms with Gasteiger partial charge in [-0.2, -0.15) is 0 Å². The Morgan fingerprint density at radius 3 is 1.76 bits per heavy atom. The lowest BCUT2D eigenvalue weighted by Crippen LogP contribution is -2.46. The minimum atomic E-state index is -4.27. The lowest BCUT2D eigenvalue weighted by Gasteiger charge is -2.35. The predicted octanol–water partition coefficient (Wildman–Crippen LogP) is 6.12. The number of unbranched alkanes of at least 4 members (excludes halogenated alkanes) is 6. The average molecular weight is 448 g/mol. The van der Waals surface area contributed by atoms with Gasteiger partial charge in [0.15, 0.2) is 0 Å². The maximum absolute atomic E-state index is 10.4. The van der Waals surface area contributed by atoms with E-state index in [2.05, 4.69) is 20.9 Å². The van der Waals surface area contributed by atoms with Crippen LogP contribution in [0.2, 0.25) is 0 Å². The first-order valence-electron chi connectivity index (χ1n) is 11.1. The summed E-state index contributed by atoms with van der Waals surface area (Å²) >= 11 is 5.86. The monoisotopic (exact) mass is 447 g/mol. The Bertz CT molecular complexity index is 620. The first-order chi connectivity index (χ1) is 13.7. The van der Waals surface area contributed by atoms with Gasteiger partial charge in [0.2, 0.25) is 0 Å². The first kappa shape index (κ1) is 28.4. The van der Waals surface area contributed by atoms with Gasteiger partial charge in [-0.1, -0.05) is 57.2 Å². The molecule has 0 radical (unpaired) electrons. The Kier molecular flexibility index (Phi) is 15.8. The number of rotatable bonds is 14. The molecule has 6 heteroatoms. The SMILES string of the molecule is CCCCCCC[N+](C)(CCCCl)CCCCC.Cc1ccc(S(=O)(=O)[O-])cc1. The zero-order valence-electron chi connectivity index (χ0n) is 19.0. The fourth-order valence-corrected chi connectivity index (χ4v) is 3.91. The van der Waals surface area contributed by atoms with Crippen molar-refractivity contribution in [1.82, 2.24) is 0 Å². The molecule has 0 saturated carbocycles. The summed E-state index contributed by atoms with van der Waals surface area (Å²) in [5, 5.41) is 0. The quantitative estimate of drug-likeness (QED) is 0.149. The van der Waals surface area contributed by atoms with Gasteiger partial charge in [-0.05, 0) is 44.7 Å². The van der Waals surface area contributed by atoms with E-state index in [0.717, 1.165) is 11.4 Å². The van der Waals surface area contributed by atoms with Crippen molar-refractivity contribution < 1.29 is 17.5 Å².